The molecule has 0 fully saturated rings. The van der Waals surface area contributed by atoms with Gasteiger partial charge in [0.2, 0.25) is 5.89 Å². The monoisotopic (exact) mass is 335 g/mol. The van der Waals surface area contributed by atoms with E-state index in [0.29, 0.717) is 36.5 Å². The van der Waals surface area contributed by atoms with E-state index in [0.717, 1.165) is 6.42 Å². The van der Waals surface area contributed by atoms with E-state index >= 15 is 0 Å². The zero-order valence-corrected chi connectivity index (χ0v) is 13.6. The van der Waals surface area contributed by atoms with Crippen LogP contribution < -0.4 is 10.6 Å². The number of halogens is 1. The van der Waals surface area contributed by atoms with E-state index in [1.54, 1.807) is 12.1 Å². The number of aromatic nitrogens is 1. The summed E-state index contributed by atoms with van der Waals surface area (Å²) in [5.74, 6) is 0.107. The number of urea groups is 1. The molecule has 24 heavy (non-hydrogen) atoms. The van der Waals surface area contributed by atoms with Crippen molar-refractivity contribution in [1.29, 1.82) is 0 Å². The van der Waals surface area contributed by atoms with Crippen LogP contribution in [0.1, 0.15) is 25.5 Å². The second-order valence-electron chi connectivity index (χ2n) is 5.42. The van der Waals surface area contributed by atoms with E-state index in [1.165, 1.54) is 18.4 Å². The average Bonchev–Trinajstić information content (AvgIpc) is 3.04. The average molecular weight is 335 g/mol. The summed E-state index contributed by atoms with van der Waals surface area (Å²) >= 11 is 0. The standard InChI is InChI=1S/C17H22FN3O3/c1-2-14(8-10-22)21-17(23)19-9-7-15-11-24-16(20-15)12-3-5-13(18)6-4-12/h3-6,11,14,22H,2,7-10H2,1H3,(H2,19,21,23). The highest BCUT2D eigenvalue weighted by Gasteiger charge is 2.10. The number of carbonyl (C=O) groups excluding carboxylic acids is 1. The maximum Gasteiger partial charge on any atom is 0.315 e. The SMILES string of the molecule is CCC(CCO)NC(=O)NCCc1coc(-c2ccc(F)cc2)n1. The molecule has 7 heteroatoms. The number of aliphatic hydroxyl groups is 1. The fourth-order valence-electron chi connectivity index (χ4n) is 2.22. The number of rotatable bonds is 8. The summed E-state index contributed by atoms with van der Waals surface area (Å²) in [5, 5.41) is 14.5. The molecule has 0 bridgehead atoms. The highest BCUT2D eigenvalue weighted by Crippen LogP contribution is 2.18. The first kappa shape index (κ1) is 17.9. The molecule has 130 valence electrons. The second kappa shape index (κ2) is 9.02. The summed E-state index contributed by atoms with van der Waals surface area (Å²) in [4.78, 5) is 16.1. The van der Waals surface area contributed by atoms with E-state index in [-0.39, 0.29) is 24.5 Å². The van der Waals surface area contributed by atoms with E-state index in [2.05, 4.69) is 15.6 Å². The van der Waals surface area contributed by atoms with Gasteiger partial charge in [0.25, 0.3) is 0 Å². The Kier molecular flexibility index (Phi) is 6.74. The Bertz CT molecular complexity index is 643. The van der Waals surface area contributed by atoms with Gasteiger partial charge in [0, 0.05) is 31.2 Å². The van der Waals surface area contributed by atoms with Crippen LogP contribution in [0.3, 0.4) is 0 Å². The Morgan fingerprint density at radius 2 is 2.12 bits per heavy atom. The highest BCUT2D eigenvalue weighted by molar-refractivity contribution is 5.74. The van der Waals surface area contributed by atoms with Crippen LogP contribution in [-0.4, -0.2) is 35.3 Å². The molecule has 1 heterocycles. The summed E-state index contributed by atoms with van der Waals surface area (Å²) in [5.41, 5.74) is 1.40. The van der Waals surface area contributed by atoms with Crippen LogP contribution in [-0.2, 0) is 6.42 Å². The summed E-state index contributed by atoms with van der Waals surface area (Å²) in [6, 6.07) is 5.60. The summed E-state index contributed by atoms with van der Waals surface area (Å²) < 4.78 is 18.3. The minimum Gasteiger partial charge on any atom is -0.444 e. The van der Waals surface area contributed by atoms with Crippen molar-refractivity contribution >= 4 is 6.03 Å². The van der Waals surface area contributed by atoms with Crippen LogP contribution in [0.4, 0.5) is 9.18 Å². The topological polar surface area (TPSA) is 87.4 Å². The van der Waals surface area contributed by atoms with Gasteiger partial charge in [0.1, 0.15) is 12.1 Å². The van der Waals surface area contributed by atoms with Gasteiger partial charge in [-0.3, -0.25) is 0 Å². The Hall–Kier alpha value is -2.41. The molecule has 1 atom stereocenters. The number of oxazole rings is 1. The van der Waals surface area contributed by atoms with Crippen molar-refractivity contribution in [2.45, 2.75) is 32.2 Å². The normalized spacial score (nSPS) is 12.0. The maximum atomic E-state index is 12.9. The fraction of sp³-hybridized carbons (Fsp3) is 0.412. The third-order valence-corrected chi connectivity index (χ3v) is 3.62. The molecular formula is C17H22FN3O3. The van der Waals surface area contributed by atoms with Crippen LogP contribution >= 0.6 is 0 Å². The van der Waals surface area contributed by atoms with Crippen molar-refractivity contribution < 1.29 is 18.7 Å². The molecule has 0 aliphatic rings. The number of aliphatic hydroxyl groups excluding tert-OH is 1. The number of nitrogens with one attached hydrogen (secondary N) is 2. The molecular weight excluding hydrogens is 313 g/mol. The molecule has 2 rings (SSSR count). The third-order valence-electron chi connectivity index (χ3n) is 3.62. The van der Waals surface area contributed by atoms with Gasteiger partial charge in [-0.25, -0.2) is 14.2 Å². The van der Waals surface area contributed by atoms with Crippen LogP contribution in [0.5, 0.6) is 0 Å². The van der Waals surface area contributed by atoms with Gasteiger partial charge in [-0.15, -0.1) is 0 Å². The molecule has 3 N–H and O–H groups in total. The summed E-state index contributed by atoms with van der Waals surface area (Å²) in [7, 11) is 0. The number of hydrogen-bond acceptors (Lipinski definition) is 4. The number of carbonyl (C=O) groups is 1. The zero-order valence-electron chi connectivity index (χ0n) is 13.6. The molecule has 0 aliphatic heterocycles. The van der Waals surface area contributed by atoms with Gasteiger partial charge in [-0.2, -0.15) is 0 Å². The Morgan fingerprint density at radius 3 is 2.79 bits per heavy atom. The molecule has 0 saturated carbocycles. The fourth-order valence-corrected chi connectivity index (χ4v) is 2.22. The molecule has 2 aromatic rings. The van der Waals surface area contributed by atoms with Gasteiger partial charge in [-0.05, 0) is 37.1 Å². The number of amides is 2. The van der Waals surface area contributed by atoms with Crippen molar-refractivity contribution in [3.05, 3.63) is 42.0 Å². The lowest BCUT2D eigenvalue weighted by molar-refractivity contribution is 0.228. The predicted molar refractivity (Wildman–Crippen MR) is 87.9 cm³/mol. The molecule has 0 saturated heterocycles. The summed E-state index contributed by atoms with van der Waals surface area (Å²) in [6.07, 6.45) is 3.35. The van der Waals surface area contributed by atoms with Crippen molar-refractivity contribution in [3.63, 3.8) is 0 Å². The Morgan fingerprint density at radius 1 is 1.38 bits per heavy atom. The Balaban J connectivity index is 1.79. The largest absolute Gasteiger partial charge is 0.444 e. The first-order valence-electron chi connectivity index (χ1n) is 7.98. The second-order valence-corrected chi connectivity index (χ2v) is 5.42. The highest BCUT2D eigenvalue weighted by atomic mass is 19.1. The molecule has 1 aromatic heterocycles. The van der Waals surface area contributed by atoms with E-state index in [9.17, 15) is 9.18 Å². The zero-order chi connectivity index (χ0) is 17.4. The molecule has 0 spiro atoms. The number of nitrogens with zero attached hydrogens (tertiary/aromatic N) is 1. The Labute approximate surface area is 140 Å². The number of benzene rings is 1. The molecule has 2 amide bonds. The van der Waals surface area contributed by atoms with E-state index in [4.69, 9.17) is 9.52 Å². The quantitative estimate of drug-likeness (QED) is 0.692. The van der Waals surface area contributed by atoms with Crippen molar-refractivity contribution in [1.82, 2.24) is 15.6 Å². The van der Waals surface area contributed by atoms with Gasteiger partial charge in [-0.1, -0.05) is 6.92 Å². The minimum absolute atomic E-state index is 0.0351. The van der Waals surface area contributed by atoms with E-state index in [1.807, 2.05) is 6.92 Å². The van der Waals surface area contributed by atoms with Gasteiger partial charge in [0.15, 0.2) is 0 Å². The first-order valence-corrected chi connectivity index (χ1v) is 7.98. The smallest absolute Gasteiger partial charge is 0.315 e. The van der Waals surface area contributed by atoms with Gasteiger partial charge < -0.3 is 20.2 Å². The minimum atomic E-state index is -0.313. The third kappa shape index (κ3) is 5.34. The van der Waals surface area contributed by atoms with Gasteiger partial charge >= 0.3 is 6.03 Å². The molecule has 0 radical (unpaired) electrons. The maximum absolute atomic E-state index is 12.9. The van der Waals surface area contributed by atoms with Crippen molar-refractivity contribution in [3.8, 4) is 11.5 Å². The van der Waals surface area contributed by atoms with Crippen LogP contribution in [0.2, 0.25) is 0 Å². The van der Waals surface area contributed by atoms with Crippen LogP contribution in [0.15, 0.2) is 34.9 Å². The lowest BCUT2D eigenvalue weighted by atomic mass is 10.2. The number of hydrogen-bond donors (Lipinski definition) is 3. The molecule has 6 nitrogen and oxygen atoms in total. The van der Waals surface area contributed by atoms with Gasteiger partial charge in [0.05, 0.1) is 5.69 Å². The molecule has 0 aliphatic carbocycles. The van der Waals surface area contributed by atoms with E-state index < -0.39 is 0 Å². The van der Waals surface area contributed by atoms with Crippen LogP contribution in [0.25, 0.3) is 11.5 Å². The summed E-state index contributed by atoms with van der Waals surface area (Å²) in [6.45, 7) is 2.41. The lowest BCUT2D eigenvalue weighted by Crippen LogP contribution is -2.42. The lowest BCUT2D eigenvalue weighted by Gasteiger charge is -2.15. The van der Waals surface area contributed by atoms with Crippen LogP contribution in [0, 0.1) is 5.82 Å². The molecule has 1 aromatic carbocycles. The molecule has 1 unspecified atom stereocenters. The van der Waals surface area contributed by atoms with Crippen molar-refractivity contribution in [2.24, 2.45) is 0 Å². The van der Waals surface area contributed by atoms with Crippen molar-refractivity contribution in [2.75, 3.05) is 13.2 Å². The predicted octanol–water partition coefficient (Wildman–Crippen LogP) is 2.48. The first-order chi connectivity index (χ1) is 11.6.